The van der Waals surface area contributed by atoms with E-state index in [4.69, 9.17) is 14.2 Å². The second kappa shape index (κ2) is 17.1. The number of carbonyl (C=O) groups excluding carboxylic acids is 5. The number of rotatable bonds is 13. The minimum atomic E-state index is -0.819. The lowest BCUT2D eigenvalue weighted by Crippen LogP contribution is -2.39. The number of unbranched alkanes of at least 4 members (excludes halogenated alkanes) is 1. The number of hydrogen-bond donors (Lipinski definition) is 2. The maximum Gasteiger partial charge on any atom is 0.412 e. The van der Waals surface area contributed by atoms with Crippen LogP contribution in [-0.4, -0.2) is 59.7 Å². The van der Waals surface area contributed by atoms with Crippen LogP contribution in [0.5, 0.6) is 11.5 Å². The van der Waals surface area contributed by atoms with Crippen molar-refractivity contribution in [2.75, 3.05) is 19.7 Å². The van der Waals surface area contributed by atoms with E-state index in [-0.39, 0.29) is 48.9 Å². The number of carbonyl (C=O) groups is 5. The highest BCUT2D eigenvalue weighted by atomic mass is 32.2. The number of benzene rings is 3. The first-order valence-electron chi connectivity index (χ1n) is 16.3. The van der Waals surface area contributed by atoms with Gasteiger partial charge < -0.3 is 24.8 Å². The molecule has 12 nitrogen and oxygen atoms in total. The molecule has 5 rings (SSSR count). The van der Waals surface area contributed by atoms with Gasteiger partial charge in [0.1, 0.15) is 17.9 Å². The van der Waals surface area contributed by atoms with Crippen molar-refractivity contribution in [1.82, 2.24) is 20.7 Å². The van der Waals surface area contributed by atoms with Crippen LogP contribution < -0.4 is 20.1 Å². The van der Waals surface area contributed by atoms with Gasteiger partial charge in [0.05, 0.1) is 33.7 Å². The first kappa shape index (κ1) is 37.1. The summed E-state index contributed by atoms with van der Waals surface area (Å²) < 4.78 is 16.8. The highest BCUT2D eigenvalue weighted by molar-refractivity contribution is 8.25. The third kappa shape index (κ3) is 9.13. The summed E-state index contributed by atoms with van der Waals surface area (Å²) in [4.78, 5) is 66.5. The molecule has 0 saturated carbocycles. The lowest BCUT2D eigenvalue weighted by atomic mass is 10.2. The predicted molar refractivity (Wildman–Crippen MR) is 193 cm³/mol. The molecule has 4 amide bonds. The Labute approximate surface area is 304 Å². The Kier molecular flexibility index (Phi) is 12.5. The fourth-order valence-corrected chi connectivity index (χ4v) is 7.76. The molecule has 2 heterocycles. The molecule has 0 bridgehead atoms. The number of aryl methyl sites for hydroxylation is 1. The monoisotopic (exact) mass is 730 g/mol. The maximum atomic E-state index is 14.2. The van der Waals surface area contributed by atoms with E-state index in [1.165, 1.54) is 16.9 Å². The van der Waals surface area contributed by atoms with Crippen LogP contribution in [0.25, 0.3) is 0 Å². The summed E-state index contributed by atoms with van der Waals surface area (Å²) in [5, 5.41) is 8.14. The summed E-state index contributed by atoms with van der Waals surface area (Å²) in [5.41, 5.74) is 2.34. The normalized spacial score (nSPS) is 13.6. The van der Waals surface area contributed by atoms with Crippen molar-refractivity contribution in [2.24, 2.45) is 0 Å². The SMILES string of the molecule is C=C(C)C(=O)OCCNC(=O)Oc1c(C)cc(OC(=O)NCCCC)c2c1SC(=C1C(=O)N(Cc3ccccc3)N(Cc3ccccc3)C1=O)S2. The summed E-state index contributed by atoms with van der Waals surface area (Å²) >= 11 is 2.19. The average Bonchev–Trinajstić information content (AvgIpc) is 3.64. The van der Waals surface area contributed by atoms with Gasteiger partial charge in [-0.25, -0.2) is 24.4 Å². The molecular weight excluding hydrogens is 693 g/mol. The molecule has 3 aromatic rings. The summed E-state index contributed by atoms with van der Waals surface area (Å²) in [6, 6.07) is 20.3. The second-order valence-electron chi connectivity index (χ2n) is 11.6. The third-order valence-electron chi connectivity index (χ3n) is 7.62. The van der Waals surface area contributed by atoms with Crippen molar-refractivity contribution < 1.29 is 38.2 Å². The summed E-state index contributed by atoms with van der Waals surface area (Å²) in [6.07, 6.45) is 0.168. The first-order chi connectivity index (χ1) is 24.6. The molecule has 0 spiro atoms. The molecule has 2 N–H and O–H groups in total. The molecule has 0 atom stereocenters. The largest absolute Gasteiger partial charge is 0.460 e. The van der Waals surface area contributed by atoms with Gasteiger partial charge in [0.25, 0.3) is 11.8 Å². The van der Waals surface area contributed by atoms with Crippen LogP contribution >= 0.6 is 23.5 Å². The number of esters is 1. The van der Waals surface area contributed by atoms with Crippen molar-refractivity contribution in [2.45, 2.75) is 56.5 Å². The quantitative estimate of drug-likeness (QED) is 0.0868. The number of hydrazine groups is 1. The van der Waals surface area contributed by atoms with Gasteiger partial charge in [0.15, 0.2) is 5.75 Å². The van der Waals surface area contributed by atoms with E-state index in [2.05, 4.69) is 17.2 Å². The van der Waals surface area contributed by atoms with E-state index >= 15 is 0 Å². The lowest BCUT2D eigenvalue weighted by molar-refractivity contribution is -0.149. The minimum absolute atomic E-state index is 0.0209. The number of fused-ring (bicyclic) bond motifs is 1. The molecule has 3 aromatic carbocycles. The Hall–Kier alpha value is -5.21. The molecule has 2 aliphatic heterocycles. The van der Waals surface area contributed by atoms with Gasteiger partial charge in [-0.3, -0.25) is 9.59 Å². The molecule has 51 heavy (non-hydrogen) atoms. The average molecular weight is 731 g/mol. The zero-order valence-electron chi connectivity index (χ0n) is 28.5. The van der Waals surface area contributed by atoms with Gasteiger partial charge in [-0.2, -0.15) is 0 Å². The van der Waals surface area contributed by atoms with E-state index < -0.39 is 30.0 Å². The highest BCUT2D eigenvalue weighted by Crippen LogP contribution is 2.60. The van der Waals surface area contributed by atoms with E-state index in [1.54, 1.807) is 13.0 Å². The molecule has 0 aromatic heterocycles. The summed E-state index contributed by atoms with van der Waals surface area (Å²) in [5.74, 6) is -1.20. The molecular formula is C37H38N4O8S2. The molecule has 2 aliphatic rings. The molecule has 1 saturated heterocycles. The Morgan fingerprint density at radius 1 is 0.804 bits per heavy atom. The number of nitrogens with zero attached hydrogens (tertiary/aromatic N) is 2. The molecule has 0 radical (unpaired) electrons. The van der Waals surface area contributed by atoms with Crippen molar-refractivity contribution in [3.63, 3.8) is 0 Å². The smallest absolute Gasteiger partial charge is 0.412 e. The number of amides is 4. The highest BCUT2D eigenvalue weighted by Gasteiger charge is 2.45. The first-order valence-corrected chi connectivity index (χ1v) is 17.9. The van der Waals surface area contributed by atoms with Crippen LogP contribution in [0.2, 0.25) is 0 Å². The van der Waals surface area contributed by atoms with E-state index in [0.29, 0.717) is 26.1 Å². The number of hydrogen-bond acceptors (Lipinski definition) is 10. The Morgan fingerprint density at radius 2 is 1.35 bits per heavy atom. The van der Waals surface area contributed by atoms with E-state index in [0.717, 1.165) is 47.5 Å². The standard InChI is InChI=1S/C37H38N4O8S2/c1-5-6-17-38-36(45)48-27-20-24(4)29(49-37(46)39-18-19-47-34(44)23(2)3)31-30(27)50-35(51-31)28-32(42)40(21-25-13-9-7-10-14-25)41(33(28)43)22-26-15-11-8-12-16-26/h7-16,20H,2,5-6,17-19,21-22H2,1,3-4H3,(H,38,45)(H,39,46). The zero-order valence-corrected chi connectivity index (χ0v) is 30.1. The van der Waals surface area contributed by atoms with Crippen LogP contribution in [0.4, 0.5) is 9.59 Å². The Bertz CT molecular complexity index is 1810. The van der Waals surface area contributed by atoms with Gasteiger partial charge in [-0.1, -0.05) is 104 Å². The Morgan fingerprint density at radius 3 is 1.92 bits per heavy atom. The van der Waals surface area contributed by atoms with Crippen molar-refractivity contribution >= 4 is 53.5 Å². The number of ether oxygens (including phenoxy) is 3. The van der Waals surface area contributed by atoms with E-state index in [9.17, 15) is 24.0 Å². The molecule has 1 fully saturated rings. The topological polar surface area (TPSA) is 144 Å². The molecule has 14 heteroatoms. The fourth-order valence-electron chi connectivity index (χ4n) is 5.04. The van der Waals surface area contributed by atoms with Crippen LogP contribution in [-0.2, 0) is 32.2 Å². The fraction of sp³-hybridized carbons (Fsp3) is 0.270. The lowest BCUT2D eigenvalue weighted by Gasteiger charge is -2.27. The van der Waals surface area contributed by atoms with Crippen LogP contribution in [0.15, 0.2) is 98.5 Å². The van der Waals surface area contributed by atoms with Crippen molar-refractivity contribution in [3.8, 4) is 11.5 Å². The molecule has 0 aliphatic carbocycles. The maximum absolute atomic E-state index is 14.2. The van der Waals surface area contributed by atoms with Crippen LogP contribution in [0.1, 0.15) is 43.4 Å². The summed E-state index contributed by atoms with van der Waals surface area (Å²) in [6.45, 7) is 9.37. The van der Waals surface area contributed by atoms with Crippen LogP contribution in [0, 0.1) is 6.92 Å². The number of thioether (sulfide) groups is 2. The van der Waals surface area contributed by atoms with Crippen molar-refractivity contribution in [1.29, 1.82) is 0 Å². The van der Waals surface area contributed by atoms with Gasteiger partial charge in [0, 0.05) is 12.1 Å². The molecule has 0 unspecified atom stereocenters. The molecule has 266 valence electrons. The van der Waals surface area contributed by atoms with E-state index in [1.807, 2.05) is 67.6 Å². The van der Waals surface area contributed by atoms with Crippen molar-refractivity contribution in [3.05, 3.63) is 105 Å². The van der Waals surface area contributed by atoms with Gasteiger partial charge in [-0.15, -0.1) is 0 Å². The van der Waals surface area contributed by atoms with Gasteiger partial charge >= 0.3 is 18.2 Å². The zero-order chi connectivity index (χ0) is 36.5. The Balaban J connectivity index is 1.47. The second-order valence-corrected chi connectivity index (χ2v) is 13.9. The minimum Gasteiger partial charge on any atom is -0.460 e. The van der Waals surface area contributed by atoms with Crippen LogP contribution in [0.3, 0.4) is 0 Å². The predicted octanol–water partition coefficient (Wildman–Crippen LogP) is 6.49. The number of nitrogens with one attached hydrogen (secondary N) is 2. The third-order valence-corrected chi connectivity index (χ3v) is 10.2. The van der Waals surface area contributed by atoms with Gasteiger partial charge in [-0.05, 0) is 43.0 Å². The summed E-state index contributed by atoms with van der Waals surface area (Å²) in [7, 11) is 0. The van der Waals surface area contributed by atoms with Gasteiger partial charge in [0.2, 0.25) is 0 Å².